The van der Waals surface area contributed by atoms with E-state index < -0.39 is 0 Å². The van der Waals surface area contributed by atoms with Crippen LogP contribution in [-0.2, 0) is 0 Å². The zero-order valence-electron chi connectivity index (χ0n) is 12.5. The number of phenols is 1. The molecule has 6 nitrogen and oxygen atoms in total. The summed E-state index contributed by atoms with van der Waals surface area (Å²) < 4.78 is 13.1. The molecule has 0 aliphatic heterocycles. The molecule has 23 heavy (non-hydrogen) atoms. The average Bonchev–Trinajstić information content (AvgIpc) is 3.04. The fraction of sp³-hybridized carbons (Fsp3) is 0.125. The van der Waals surface area contributed by atoms with E-state index in [4.69, 9.17) is 9.47 Å². The first-order chi connectivity index (χ1) is 11.1. The quantitative estimate of drug-likeness (QED) is 0.756. The van der Waals surface area contributed by atoms with Crippen LogP contribution in [0.4, 0.5) is 0 Å². The number of hydrogen-bond donors (Lipinski definition) is 1. The predicted octanol–water partition coefficient (Wildman–Crippen LogP) is 3.42. The number of halogens is 1. The van der Waals surface area contributed by atoms with Crippen molar-refractivity contribution in [2.45, 2.75) is 0 Å². The molecule has 3 rings (SSSR count). The first-order valence-corrected chi connectivity index (χ1v) is 7.55. The number of rotatable bonds is 4. The summed E-state index contributed by atoms with van der Waals surface area (Å²) in [6, 6.07) is 10.9. The highest BCUT2D eigenvalue weighted by molar-refractivity contribution is 9.10. The van der Waals surface area contributed by atoms with Gasteiger partial charge in [0.15, 0.2) is 11.5 Å². The van der Waals surface area contributed by atoms with Crippen molar-refractivity contribution in [3.8, 4) is 34.2 Å². The molecule has 0 saturated heterocycles. The number of benzene rings is 2. The summed E-state index contributed by atoms with van der Waals surface area (Å²) in [4.78, 5) is 0. The molecule has 0 bridgehead atoms. The molecular weight excluding hydrogens is 362 g/mol. The van der Waals surface area contributed by atoms with Crippen LogP contribution in [0, 0.1) is 0 Å². The lowest BCUT2D eigenvalue weighted by Gasteiger charge is -2.13. The molecule has 118 valence electrons. The molecule has 3 aromatic rings. The summed E-state index contributed by atoms with van der Waals surface area (Å²) in [5.41, 5.74) is 2.29. The summed E-state index contributed by atoms with van der Waals surface area (Å²) in [7, 11) is 3.03. The molecule has 0 aliphatic rings. The summed E-state index contributed by atoms with van der Waals surface area (Å²) in [6.45, 7) is 0. The number of hydrogen-bond acceptors (Lipinski definition) is 5. The smallest absolute Gasteiger partial charge is 0.164 e. The average molecular weight is 376 g/mol. The number of nitrogens with zero attached hydrogens (tertiary/aromatic N) is 3. The fourth-order valence-corrected chi connectivity index (χ4v) is 2.53. The lowest BCUT2D eigenvalue weighted by molar-refractivity contribution is 0.363. The molecule has 1 aromatic heterocycles. The molecular formula is C16H14BrN3O3. The second-order valence-electron chi connectivity index (χ2n) is 4.73. The van der Waals surface area contributed by atoms with Crippen LogP contribution in [0.1, 0.15) is 0 Å². The zero-order valence-corrected chi connectivity index (χ0v) is 14.1. The lowest BCUT2D eigenvalue weighted by atomic mass is 10.1. The van der Waals surface area contributed by atoms with Crippen molar-refractivity contribution in [3.63, 3.8) is 0 Å². The third-order valence-electron chi connectivity index (χ3n) is 3.40. The Labute approximate surface area is 141 Å². The standard InChI is InChI=1S/C16H14BrN3O3/c1-22-15-8-16(23-2)14(21)7-12(15)20-13(9-18-19-20)10-3-5-11(17)6-4-10/h3-9,21H,1-2H3. The van der Waals surface area contributed by atoms with Crippen LogP contribution in [0.5, 0.6) is 17.2 Å². The van der Waals surface area contributed by atoms with E-state index in [0.717, 1.165) is 15.7 Å². The Morgan fingerprint density at radius 1 is 1.04 bits per heavy atom. The van der Waals surface area contributed by atoms with Gasteiger partial charge in [0.1, 0.15) is 11.4 Å². The molecule has 0 spiro atoms. The van der Waals surface area contributed by atoms with Crippen LogP contribution < -0.4 is 9.47 Å². The van der Waals surface area contributed by atoms with Crippen molar-refractivity contribution in [2.24, 2.45) is 0 Å². The molecule has 0 saturated carbocycles. The van der Waals surface area contributed by atoms with E-state index in [1.165, 1.54) is 13.2 Å². The largest absolute Gasteiger partial charge is 0.504 e. The van der Waals surface area contributed by atoms with Crippen LogP contribution >= 0.6 is 15.9 Å². The molecule has 0 unspecified atom stereocenters. The topological polar surface area (TPSA) is 69.4 Å². The molecule has 0 amide bonds. The highest BCUT2D eigenvalue weighted by Gasteiger charge is 2.16. The van der Waals surface area contributed by atoms with Gasteiger partial charge in [-0.1, -0.05) is 33.3 Å². The van der Waals surface area contributed by atoms with Crippen molar-refractivity contribution in [2.75, 3.05) is 14.2 Å². The third kappa shape index (κ3) is 2.87. The first-order valence-electron chi connectivity index (χ1n) is 6.76. The van der Waals surface area contributed by atoms with Gasteiger partial charge in [0.25, 0.3) is 0 Å². The van der Waals surface area contributed by atoms with Crippen molar-refractivity contribution in [1.82, 2.24) is 15.0 Å². The Hall–Kier alpha value is -2.54. The Morgan fingerprint density at radius 2 is 1.74 bits per heavy atom. The molecule has 0 radical (unpaired) electrons. The maximum absolute atomic E-state index is 10.1. The monoisotopic (exact) mass is 375 g/mol. The minimum atomic E-state index is 0.000515. The van der Waals surface area contributed by atoms with E-state index in [-0.39, 0.29) is 5.75 Å². The van der Waals surface area contributed by atoms with Crippen molar-refractivity contribution in [3.05, 3.63) is 47.1 Å². The highest BCUT2D eigenvalue weighted by atomic mass is 79.9. The van der Waals surface area contributed by atoms with E-state index in [1.54, 1.807) is 24.1 Å². The molecule has 0 aliphatic carbocycles. The molecule has 7 heteroatoms. The summed E-state index contributed by atoms with van der Waals surface area (Å²) in [5.74, 6) is 0.847. The van der Waals surface area contributed by atoms with E-state index in [1.807, 2.05) is 24.3 Å². The maximum atomic E-state index is 10.1. The van der Waals surface area contributed by atoms with Crippen LogP contribution in [0.3, 0.4) is 0 Å². The summed E-state index contributed by atoms with van der Waals surface area (Å²) in [6.07, 6.45) is 1.66. The lowest BCUT2D eigenvalue weighted by Crippen LogP contribution is -2.03. The summed E-state index contributed by atoms with van der Waals surface area (Å²) >= 11 is 3.42. The normalized spacial score (nSPS) is 10.6. The Bertz CT molecular complexity index is 831. The second kappa shape index (κ2) is 6.29. The third-order valence-corrected chi connectivity index (χ3v) is 3.93. The number of ether oxygens (including phenoxy) is 2. The highest BCUT2D eigenvalue weighted by Crippen LogP contribution is 2.37. The van der Waals surface area contributed by atoms with Gasteiger partial charge in [0, 0.05) is 22.2 Å². The van der Waals surface area contributed by atoms with Crippen LogP contribution in [0.2, 0.25) is 0 Å². The van der Waals surface area contributed by atoms with Crippen LogP contribution in [0.25, 0.3) is 16.9 Å². The van der Waals surface area contributed by atoms with Gasteiger partial charge in [-0.25, -0.2) is 4.68 Å². The number of aromatic nitrogens is 3. The van der Waals surface area contributed by atoms with E-state index in [0.29, 0.717) is 17.2 Å². The molecule has 1 N–H and O–H groups in total. The van der Waals surface area contributed by atoms with E-state index in [2.05, 4.69) is 26.2 Å². The van der Waals surface area contributed by atoms with Crippen molar-refractivity contribution in [1.29, 1.82) is 0 Å². The SMILES string of the molecule is COc1cc(OC)c(-n2nncc2-c2ccc(Br)cc2)cc1O. The molecule has 1 heterocycles. The van der Waals surface area contributed by atoms with Crippen LogP contribution in [-0.4, -0.2) is 34.3 Å². The number of methoxy groups -OCH3 is 2. The van der Waals surface area contributed by atoms with Gasteiger partial charge in [-0.05, 0) is 12.1 Å². The van der Waals surface area contributed by atoms with Gasteiger partial charge in [-0.2, -0.15) is 0 Å². The molecule has 2 aromatic carbocycles. The van der Waals surface area contributed by atoms with Gasteiger partial charge in [0.05, 0.1) is 26.1 Å². The van der Waals surface area contributed by atoms with Gasteiger partial charge >= 0.3 is 0 Å². The minimum Gasteiger partial charge on any atom is -0.504 e. The van der Waals surface area contributed by atoms with Crippen LogP contribution in [0.15, 0.2) is 47.1 Å². The predicted molar refractivity (Wildman–Crippen MR) is 89.3 cm³/mol. The van der Waals surface area contributed by atoms with Gasteiger partial charge in [-0.15, -0.1) is 5.10 Å². The summed E-state index contributed by atoms with van der Waals surface area (Å²) in [5, 5.41) is 18.2. The number of phenolic OH excluding ortho intramolecular Hbond substituents is 1. The molecule has 0 atom stereocenters. The fourth-order valence-electron chi connectivity index (χ4n) is 2.26. The van der Waals surface area contributed by atoms with Crippen molar-refractivity contribution < 1.29 is 14.6 Å². The van der Waals surface area contributed by atoms with Gasteiger partial charge < -0.3 is 14.6 Å². The van der Waals surface area contributed by atoms with Gasteiger partial charge in [-0.3, -0.25) is 0 Å². The van der Waals surface area contributed by atoms with Gasteiger partial charge in [0.2, 0.25) is 0 Å². The Kier molecular flexibility index (Phi) is 4.20. The maximum Gasteiger partial charge on any atom is 0.164 e. The Morgan fingerprint density at radius 3 is 2.39 bits per heavy atom. The van der Waals surface area contributed by atoms with E-state index >= 15 is 0 Å². The zero-order chi connectivity index (χ0) is 16.4. The first kappa shape index (κ1) is 15.4. The number of aromatic hydroxyl groups is 1. The molecule has 0 fully saturated rings. The second-order valence-corrected chi connectivity index (χ2v) is 5.65. The Balaban J connectivity index is 2.15. The van der Waals surface area contributed by atoms with E-state index in [9.17, 15) is 5.11 Å². The minimum absolute atomic E-state index is 0.000515. The van der Waals surface area contributed by atoms with Crippen molar-refractivity contribution >= 4 is 15.9 Å².